The van der Waals surface area contributed by atoms with Crippen LogP contribution in [0.4, 0.5) is 11.4 Å². The lowest BCUT2D eigenvalue weighted by molar-refractivity contribution is 0.123. The second-order valence-corrected chi connectivity index (χ2v) is 11.2. The number of thiocarbonyl (C=S) groups is 1. The number of benzene rings is 2. The predicted molar refractivity (Wildman–Crippen MR) is 150 cm³/mol. The molecule has 3 nitrogen and oxygen atoms in total. The Labute approximate surface area is 207 Å². The van der Waals surface area contributed by atoms with Crippen molar-refractivity contribution in [3.8, 4) is 0 Å². The monoisotopic (exact) mass is 495 g/mol. The third kappa shape index (κ3) is 5.18. The number of nitrogens with zero attached hydrogens (tertiary/aromatic N) is 3. The molecule has 1 saturated heterocycles. The van der Waals surface area contributed by atoms with Gasteiger partial charge in [0.2, 0.25) is 0 Å². The van der Waals surface area contributed by atoms with Crippen molar-refractivity contribution >= 4 is 79.8 Å². The minimum absolute atomic E-state index is 0. The van der Waals surface area contributed by atoms with E-state index in [0.29, 0.717) is 11.8 Å². The maximum absolute atomic E-state index is 5.78. The number of fused-ring (bicyclic) bond motifs is 1. The van der Waals surface area contributed by atoms with Crippen LogP contribution in [-0.4, -0.2) is 47.0 Å². The van der Waals surface area contributed by atoms with Crippen LogP contribution in [0.2, 0.25) is 0 Å². The van der Waals surface area contributed by atoms with Crippen LogP contribution in [0.25, 0.3) is 10.8 Å². The molecule has 2 aromatic rings. The van der Waals surface area contributed by atoms with Crippen molar-refractivity contribution in [2.75, 3.05) is 37.5 Å². The molecule has 2 aromatic carbocycles. The van der Waals surface area contributed by atoms with E-state index in [1.807, 2.05) is 11.8 Å². The molecule has 0 unspecified atom stereocenters. The summed E-state index contributed by atoms with van der Waals surface area (Å²) >= 11 is 9.28. The van der Waals surface area contributed by atoms with Crippen molar-refractivity contribution in [3.05, 3.63) is 36.4 Å². The Bertz CT molecular complexity index is 948. The van der Waals surface area contributed by atoms with Crippen LogP contribution < -0.4 is 4.90 Å². The maximum Gasteiger partial charge on any atom is 0.169 e. The highest BCUT2D eigenvalue weighted by molar-refractivity contribution is 8.23. The number of rotatable bonds is 4. The molecule has 0 N–H and O–H groups in total. The highest BCUT2D eigenvalue weighted by Gasteiger charge is 2.44. The molecule has 1 aliphatic rings. The van der Waals surface area contributed by atoms with E-state index >= 15 is 0 Å². The van der Waals surface area contributed by atoms with Gasteiger partial charge in [-0.2, -0.15) is 0 Å². The first kappa shape index (κ1) is 26.3. The molecular formula is C24H34ClN3S3. The van der Waals surface area contributed by atoms with E-state index in [9.17, 15) is 0 Å². The molecule has 1 fully saturated rings. The maximum atomic E-state index is 5.78. The molecule has 3 rings (SSSR count). The number of aliphatic imine (C=N–C) groups is 1. The quantitative estimate of drug-likeness (QED) is 0.412. The van der Waals surface area contributed by atoms with Gasteiger partial charge in [-0.15, -0.1) is 12.4 Å². The van der Waals surface area contributed by atoms with Gasteiger partial charge in [0.1, 0.15) is 4.32 Å². The topological polar surface area (TPSA) is 18.8 Å². The molecule has 0 radical (unpaired) electrons. The average molecular weight is 496 g/mol. The van der Waals surface area contributed by atoms with E-state index in [-0.39, 0.29) is 17.8 Å². The Kier molecular flexibility index (Phi) is 9.15. The minimum atomic E-state index is 0. The summed E-state index contributed by atoms with van der Waals surface area (Å²) in [6.45, 7) is 10.3. The second kappa shape index (κ2) is 10.8. The molecule has 0 atom stereocenters. The van der Waals surface area contributed by atoms with Crippen LogP contribution in [0.1, 0.15) is 27.7 Å². The van der Waals surface area contributed by atoms with E-state index in [4.69, 9.17) is 17.2 Å². The van der Waals surface area contributed by atoms with Crippen molar-refractivity contribution in [3.63, 3.8) is 0 Å². The van der Waals surface area contributed by atoms with E-state index in [0.717, 1.165) is 27.5 Å². The number of hydrogen-bond donors (Lipinski definition) is 0. The second-order valence-electron chi connectivity index (χ2n) is 8.83. The summed E-state index contributed by atoms with van der Waals surface area (Å²) in [6.07, 6.45) is 2.06. The molecule has 0 amide bonds. The van der Waals surface area contributed by atoms with Crippen LogP contribution >= 0.6 is 48.1 Å². The lowest BCUT2D eigenvalue weighted by Gasteiger charge is -2.48. The molecule has 0 aromatic heterocycles. The molecule has 170 valence electrons. The van der Waals surface area contributed by atoms with Gasteiger partial charge in [-0.3, -0.25) is 0 Å². The Morgan fingerprint density at radius 2 is 1.71 bits per heavy atom. The fourth-order valence-electron chi connectivity index (χ4n) is 4.25. The largest absolute Gasteiger partial charge is 0.377 e. The van der Waals surface area contributed by atoms with E-state index in [2.05, 4.69) is 94.2 Å². The number of thioether (sulfide) groups is 2. The van der Waals surface area contributed by atoms with Crippen LogP contribution in [0.3, 0.4) is 0 Å². The first-order chi connectivity index (χ1) is 14.2. The Hall–Kier alpha value is -0.950. The predicted octanol–water partition coefficient (Wildman–Crippen LogP) is 7.31. The third-order valence-corrected chi connectivity index (χ3v) is 8.97. The smallest absolute Gasteiger partial charge is 0.169 e. The SMILES string of the molecule is CSC(=S)N1CC(C(C)C)(C(C)C)CS/C1=N\c1ccc(N(C)C)c2ccccc12.Cl. The molecule has 1 aliphatic heterocycles. The van der Waals surface area contributed by atoms with Crippen molar-refractivity contribution in [2.24, 2.45) is 22.2 Å². The zero-order valence-electron chi connectivity index (χ0n) is 19.5. The number of amidine groups is 1. The zero-order valence-corrected chi connectivity index (χ0v) is 22.8. The van der Waals surface area contributed by atoms with Gasteiger partial charge >= 0.3 is 0 Å². The Morgan fingerprint density at radius 3 is 2.26 bits per heavy atom. The lowest BCUT2D eigenvalue weighted by Crippen LogP contribution is -2.53. The Morgan fingerprint density at radius 1 is 1.10 bits per heavy atom. The van der Waals surface area contributed by atoms with Crippen LogP contribution in [-0.2, 0) is 0 Å². The summed E-state index contributed by atoms with van der Waals surface area (Å²) in [4.78, 5) is 9.60. The summed E-state index contributed by atoms with van der Waals surface area (Å²) in [6, 6.07) is 12.8. The minimum Gasteiger partial charge on any atom is -0.377 e. The molecule has 7 heteroatoms. The third-order valence-electron chi connectivity index (χ3n) is 6.42. The van der Waals surface area contributed by atoms with E-state index in [1.54, 1.807) is 11.8 Å². The summed E-state index contributed by atoms with van der Waals surface area (Å²) in [5.41, 5.74) is 2.44. The molecule has 0 aliphatic carbocycles. The van der Waals surface area contributed by atoms with Gasteiger partial charge in [0.25, 0.3) is 0 Å². The van der Waals surface area contributed by atoms with Crippen molar-refractivity contribution in [1.82, 2.24) is 4.90 Å². The summed E-state index contributed by atoms with van der Waals surface area (Å²) in [7, 11) is 4.17. The standard InChI is InChI=1S/C24H33N3S3.ClH/c1-16(2)24(17(3)4)14-27(23(28)29-7)22(30-15-24)25-20-12-13-21(26(5)6)19-11-9-8-10-18(19)20;/h8-13,16-17H,14-15H2,1-7H3;1H/b25-22-;. The highest BCUT2D eigenvalue weighted by atomic mass is 35.5. The van der Waals surface area contributed by atoms with E-state index in [1.165, 1.54) is 16.5 Å². The van der Waals surface area contributed by atoms with Crippen LogP contribution in [0, 0.1) is 17.3 Å². The molecule has 0 saturated carbocycles. The van der Waals surface area contributed by atoms with E-state index < -0.39 is 0 Å². The first-order valence-corrected chi connectivity index (χ1v) is 13.1. The van der Waals surface area contributed by atoms with Gasteiger partial charge in [-0.05, 0) is 30.2 Å². The van der Waals surface area contributed by atoms with Gasteiger partial charge in [0, 0.05) is 48.3 Å². The van der Waals surface area contributed by atoms with Gasteiger partial charge in [0.15, 0.2) is 5.17 Å². The van der Waals surface area contributed by atoms with Gasteiger partial charge in [0.05, 0.1) is 5.69 Å². The summed E-state index contributed by atoms with van der Waals surface area (Å²) in [5.74, 6) is 2.24. The van der Waals surface area contributed by atoms with Gasteiger partial charge in [-0.25, -0.2) is 4.99 Å². The molecule has 31 heavy (non-hydrogen) atoms. The summed E-state index contributed by atoms with van der Waals surface area (Å²) < 4.78 is 0.904. The van der Waals surface area contributed by atoms with Crippen molar-refractivity contribution < 1.29 is 0 Å². The average Bonchev–Trinajstić information content (AvgIpc) is 2.73. The van der Waals surface area contributed by atoms with Crippen molar-refractivity contribution in [2.45, 2.75) is 27.7 Å². The van der Waals surface area contributed by atoms with Gasteiger partial charge < -0.3 is 9.80 Å². The van der Waals surface area contributed by atoms with Crippen molar-refractivity contribution in [1.29, 1.82) is 0 Å². The Balaban J connectivity index is 0.00000341. The van der Waals surface area contributed by atoms with Gasteiger partial charge in [-0.1, -0.05) is 87.7 Å². The van der Waals surface area contributed by atoms with Crippen LogP contribution in [0.15, 0.2) is 41.4 Å². The molecular weight excluding hydrogens is 462 g/mol. The molecule has 1 heterocycles. The number of halogens is 1. The first-order valence-electron chi connectivity index (χ1n) is 10.5. The zero-order chi connectivity index (χ0) is 22.1. The summed E-state index contributed by atoms with van der Waals surface area (Å²) in [5, 5.41) is 3.42. The normalized spacial score (nSPS) is 17.3. The fraction of sp³-hybridized carbons (Fsp3) is 0.500. The fourth-order valence-corrected chi connectivity index (χ4v) is 6.52. The lowest BCUT2D eigenvalue weighted by atomic mass is 9.70. The number of anilines is 1. The van der Waals surface area contributed by atoms with Crippen LogP contribution in [0.5, 0.6) is 0 Å². The molecule has 0 spiro atoms. The number of hydrogen-bond acceptors (Lipinski definition) is 5. The highest BCUT2D eigenvalue weighted by Crippen LogP contribution is 2.45. The molecule has 0 bridgehead atoms.